The molecular formula is C10H18O. The third-order valence-electron chi connectivity index (χ3n) is 2.53. The molecule has 1 aliphatic heterocycles. The molecule has 0 unspecified atom stereocenters. The molecule has 0 N–H and O–H groups in total. The van der Waals surface area contributed by atoms with Crippen LogP contribution in [-0.2, 0) is 4.74 Å². The van der Waals surface area contributed by atoms with Crippen LogP contribution in [0.5, 0.6) is 0 Å². The zero-order valence-electron chi connectivity index (χ0n) is 7.76. The first-order valence-corrected chi connectivity index (χ1v) is 4.42. The minimum absolute atomic E-state index is 0.372. The third-order valence-corrected chi connectivity index (χ3v) is 2.53. The maximum absolute atomic E-state index is 5.70. The van der Waals surface area contributed by atoms with E-state index in [2.05, 4.69) is 27.4 Å². The van der Waals surface area contributed by atoms with Gasteiger partial charge in [0, 0.05) is 5.92 Å². The highest BCUT2D eigenvalue weighted by Gasteiger charge is 2.25. The first-order chi connectivity index (χ1) is 5.11. The molecule has 64 valence electrons. The van der Waals surface area contributed by atoms with Crippen LogP contribution in [0.1, 0.15) is 33.6 Å². The smallest absolute Gasteiger partial charge is 0.0615 e. The number of hydrogen-bond acceptors (Lipinski definition) is 1. The second-order valence-corrected chi connectivity index (χ2v) is 3.68. The first kappa shape index (κ1) is 8.79. The van der Waals surface area contributed by atoms with Gasteiger partial charge in [-0.1, -0.05) is 12.2 Å². The third kappa shape index (κ3) is 2.06. The van der Waals surface area contributed by atoms with Gasteiger partial charge in [0.25, 0.3) is 0 Å². The zero-order chi connectivity index (χ0) is 8.43. The lowest BCUT2D eigenvalue weighted by atomic mass is 9.88. The minimum Gasteiger partial charge on any atom is -0.375 e. The second kappa shape index (κ2) is 3.40. The van der Waals surface area contributed by atoms with Gasteiger partial charge in [-0.3, -0.25) is 0 Å². The lowest BCUT2D eigenvalue weighted by Crippen LogP contribution is -2.31. The van der Waals surface area contributed by atoms with Gasteiger partial charge in [0.2, 0.25) is 0 Å². The van der Waals surface area contributed by atoms with Gasteiger partial charge in [-0.25, -0.2) is 0 Å². The van der Waals surface area contributed by atoms with Crippen molar-refractivity contribution in [3.05, 3.63) is 12.2 Å². The van der Waals surface area contributed by atoms with Crippen molar-refractivity contribution in [3.63, 3.8) is 0 Å². The van der Waals surface area contributed by atoms with Crippen molar-refractivity contribution in [2.45, 2.75) is 45.8 Å². The summed E-state index contributed by atoms with van der Waals surface area (Å²) in [6.45, 7) is 10.4. The molecule has 0 aromatic heterocycles. The van der Waals surface area contributed by atoms with Crippen LogP contribution in [0, 0.1) is 5.92 Å². The molecule has 11 heavy (non-hydrogen) atoms. The summed E-state index contributed by atoms with van der Waals surface area (Å²) in [4.78, 5) is 0. The molecular weight excluding hydrogens is 136 g/mol. The van der Waals surface area contributed by atoms with Crippen LogP contribution >= 0.6 is 0 Å². The monoisotopic (exact) mass is 154 g/mol. The van der Waals surface area contributed by atoms with E-state index in [0.717, 1.165) is 0 Å². The summed E-state index contributed by atoms with van der Waals surface area (Å²) >= 11 is 0. The molecule has 1 aliphatic rings. The molecule has 0 aromatic rings. The van der Waals surface area contributed by atoms with E-state index in [0.29, 0.717) is 18.1 Å². The van der Waals surface area contributed by atoms with Crippen LogP contribution in [0.25, 0.3) is 0 Å². The van der Waals surface area contributed by atoms with E-state index >= 15 is 0 Å². The summed E-state index contributed by atoms with van der Waals surface area (Å²) in [6, 6.07) is 0. The molecule has 0 radical (unpaired) electrons. The molecule has 3 atom stereocenters. The van der Waals surface area contributed by atoms with Crippen LogP contribution in [-0.4, -0.2) is 12.2 Å². The van der Waals surface area contributed by atoms with E-state index in [1.54, 1.807) is 0 Å². The molecule has 0 saturated carbocycles. The van der Waals surface area contributed by atoms with Gasteiger partial charge >= 0.3 is 0 Å². The highest BCUT2D eigenvalue weighted by Crippen LogP contribution is 2.28. The van der Waals surface area contributed by atoms with Gasteiger partial charge < -0.3 is 4.74 Å². The molecule has 1 heterocycles. The zero-order valence-corrected chi connectivity index (χ0v) is 7.76. The molecule has 0 amide bonds. The van der Waals surface area contributed by atoms with Crippen molar-refractivity contribution >= 4 is 0 Å². The normalized spacial score (nSPS) is 38.6. The van der Waals surface area contributed by atoms with E-state index in [-0.39, 0.29) is 0 Å². The van der Waals surface area contributed by atoms with Crippen molar-refractivity contribution in [2.24, 2.45) is 5.92 Å². The van der Waals surface area contributed by atoms with E-state index in [4.69, 9.17) is 4.74 Å². The molecule has 0 aliphatic carbocycles. The average Bonchev–Trinajstić information content (AvgIpc) is 1.85. The molecule has 1 heteroatoms. The largest absolute Gasteiger partial charge is 0.375 e. The number of hydrogen-bond donors (Lipinski definition) is 0. The van der Waals surface area contributed by atoms with Gasteiger partial charge in [0.15, 0.2) is 0 Å². The highest BCUT2D eigenvalue weighted by molar-refractivity contribution is 5.00. The van der Waals surface area contributed by atoms with Crippen LogP contribution in [0.3, 0.4) is 0 Å². The van der Waals surface area contributed by atoms with Gasteiger partial charge in [-0.2, -0.15) is 0 Å². The van der Waals surface area contributed by atoms with Crippen molar-refractivity contribution < 1.29 is 4.74 Å². The van der Waals surface area contributed by atoms with E-state index in [1.165, 1.54) is 18.4 Å². The average molecular weight is 154 g/mol. The molecule has 1 nitrogen and oxygen atoms in total. The topological polar surface area (TPSA) is 9.23 Å². The van der Waals surface area contributed by atoms with Crippen molar-refractivity contribution in [1.29, 1.82) is 0 Å². The summed E-state index contributed by atoms with van der Waals surface area (Å²) in [7, 11) is 0. The lowest BCUT2D eigenvalue weighted by Gasteiger charge is -2.33. The summed E-state index contributed by atoms with van der Waals surface area (Å²) in [6.07, 6.45) is 3.25. The number of rotatable bonds is 1. The van der Waals surface area contributed by atoms with Gasteiger partial charge in [0.05, 0.1) is 12.2 Å². The van der Waals surface area contributed by atoms with Gasteiger partial charge in [0.1, 0.15) is 0 Å². The van der Waals surface area contributed by atoms with Crippen molar-refractivity contribution in [2.75, 3.05) is 0 Å². The van der Waals surface area contributed by atoms with Crippen LogP contribution in [0.4, 0.5) is 0 Å². The Bertz CT molecular complexity index is 151. The molecule has 0 bridgehead atoms. The maximum Gasteiger partial charge on any atom is 0.0615 e. The van der Waals surface area contributed by atoms with Gasteiger partial charge in [-0.05, 0) is 33.6 Å². The fourth-order valence-electron chi connectivity index (χ4n) is 1.83. The fourth-order valence-corrected chi connectivity index (χ4v) is 1.83. The van der Waals surface area contributed by atoms with Crippen LogP contribution in [0.15, 0.2) is 12.2 Å². The number of ether oxygens (including phenoxy) is 1. The predicted octanol–water partition coefficient (Wildman–Crippen LogP) is 2.77. The van der Waals surface area contributed by atoms with E-state index in [9.17, 15) is 0 Å². The summed E-state index contributed by atoms with van der Waals surface area (Å²) in [5.74, 6) is 0.589. The Balaban J connectivity index is 2.50. The van der Waals surface area contributed by atoms with Crippen molar-refractivity contribution in [3.8, 4) is 0 Å². The molecule has 1 saturated heterocycles. The Morgan fingerprint density at radius 1 is 1.36 bits per heavy atom. The lowest BCUT2D eigenvalue weighted by molar-refractivity contribution is -0.0544. The molecule has 0 aromatic carbocycles. The predicted molar refractivity (Wildman–Crippen MR) is 47.5 cm³/mol. The first-order valence-electron chi connectivity index (χ1n) is 4.42. The Morgan fingerprint density at radius 3 is 2.45 bits per heavy atom. The second-order valence-electron chi connectivity index (χ2n) is 3.68. The standard InChI is InChI=1S/C10H18O/c1-7(2)10-6-5-8(3)11-9(10)4/h8-10H,1,5-6H2,2-4H3/t8-,9-,10+/m0/s1. The maximum atomic E-state index is 5.70. The van der Waals surface area contributed by atoms with E-state index in [1.807, 2.05) is 0 Å². The van der Waals surface area contributed by atoms with Crippen LogP contribution < -0.4 is 0 Å². The molecule has 1 rings (SSSR count). The highest BCUT2D eigenvalue weighted by atomic mass is 16.5. The Morgan fingerprint density at radius 2 is 2.00 bits per heavy atom. The fraction of sp³-hybridized carbons (Fsp3) is 0.800. The Labute approximate surface area is 69.4 Å². The summed E-state index contributed by atoms with van der Waals surface area (Å²) < 4.78 is 5.70. The van der Waals surface area contributed by atoms with Crippen LogP contribution in [0.2, 0.25) is 0 Å². The Kier molecular flexibility index (Phi) is 2.72. The Hall–Kier alpha value is -0.300. The quantitative estimate of drug-likeness (QED) is 0.528. The molecule has 0 spiro atoms. The molecule has 1 fully saturated rings. The van der Waals surface area contributed by atoms with Crippen molar-refractivity contribution in [1.82, 2.24) is 0 Å². The minimum atomic E-state index is 0.372. The SMILES string of the molecule is C=C(C)[C@H]1CC[C@H](C)O[C@H]1C. The van der Waals surface area contributed by atoms with Gasteiger partial charge in [-0.15, -0.1) is 0 Å². The van der Waals surface area contributed by atoms with E-state index < -0.39 is 0 Å². The summed E-state index contributed by atoms with van der Waals surface area (Å²) in [5.41, 5.74) is 1.27. The summed E-state index contributed by atoms with van der Waals surface area (Å²) in [5, 5.41) is 0.